The Kier molecular flexibility index (Phi) is 5.79. The van der Waals surface area contributed by atoms with Gasteiger partial charge in [0, 0.05) is 17.4 Å². The largest absolute Gasteiger partial charge is 0.478 e. The number of rotatable bonds is 6. The molecule has 0 saturated carbocycles. The van der Waals surface area contributed by atoms with E-state index < -0.39 is 44.0 Å². The number of anilines is 2. The number of carbonyl (C=O) groups excluding carboxylic acids is 1. The first kappa shape index (κ1) is 20.9. The molecule has 0 unspecified atom stereocenters. The van der Waals surface area contributed by atoms with Crippen molar-refractivity contribution in [1.29, 1.82) is 0 Å². The van der Waals surface area contributed by atoms with Gasteiger partial charge in [-0.25, -0.2) is 22.0 Å². The van der Waals surface area contributed by atoms with Gasteiger partial charge in [0.1, 0.15) is 16.5 Å². The van der Waals surface area contributed by atoms with Crippen LogP contribution >= 0.6 is 0 Å². The van der Waals surface area contributed by atoms with Gasteiger partial charge in [-0.05, 0) is 36.4 Å². The van der Waals surface area contributed by atoms with Crippen molar-refractivity contribution in [3.8, 4) is 0 Å². The number of nitrogens with one attached hydrogen (secondary N) is 2. The standard InChI is InChI=1S/C20H14F2N2O5S/c21-16-11-17(22)18(30(28,29)24-13-6-2-1-3-7-13)10-15(16)19(25)23-14-8-4-5-12(9-14)20(26)27/h1-11,24H,(H,23,25)(H,26,27). The van der Waals surface area contributed by atoms with Crippen molar-refractivity contribution in [3.05, 3.63) is 89.5 Å². The molecule has 0 heterocycles. The fraction of sp³-hybridized carbons (Fsp3) is 0. The molecule has 3 aromatic rings. The zero-order chi connectivity index (χ0) is 21.9. The maximum atomic E-state index is 14.2. The smallest absolute Gasteiger partial charge is 0.335 e. The summed E-state index contributed by atoms with van der Waals surface area (Å²) in [7, 11) is -4.46. The van der Waals surface area contributed by atoms with Gasteiger partial charge in [-0.2, -0.15) is 0 Å². The fourth-order valence-electron chi connectivity index (χ4n) is 2.55. The highest BCUT2D eigenvalue weighted by Gasteiger charge is 2.24. The highest BCUT2D eigenvalue weighted by molar-refractivity contribution is 7.92. The second-order valence-electron chi connectivity index (χ2n) is 6.07. The lowest BCUT2D eigenvalue weighted by Gasteiger charge is -2.12. The van der Waals surface area contributed by atoms with Gasteiger partial charge in [0.05, 0.1) is 11.1 Å². The minimum atomic E-state index is -4.46. The van der Waals surface area contributed by atoms with E-state index in [0.29, 0.717) is 12.1 Å². The Hall–Kier alpha value is -3.79. The first-order valence-electron chi connectivity index (χ1n) is 8.39. The van der Waals surface area contributed by atoms with E-state index in [1.165, 1.54) is 30.3 Å². The average molecular weight is 432 g/mol. The molecule has 0 aliphatic rings. The number of para-hydroxylation sites is 1. The van der Waals surface area contributed by atoms with E-state index in [0.717, 1.165) is 6.07 Å². The van der Waals surface area contributed by atoms with Crippen molar-refractivity contribution in [2.24, 2.45) is 0 Å². The Balaban J connectivity index is 1.93. The predicted octanol–water partition coefficient (Wildman–Crippen LogP) is 3.72. The highest BCUT2D eigenvalue weighted by Crippen LogP contribution is 2.23. The lowest BCUT2D eigenvalue weighted by Crippen LogP contribution is -2.19. The summed E-state index contributed by atoms with van der Waals surface area (Å²) in [5.74, 6) is -4.97. The van der Waals surface area contributed by atoms with Crippen LogP contribution in [0.1, 0.15) is 20.7 Å². The number of carboxylic acids is 1. The molecular weight excluding hydrogens is 418 g/mol. The van der Waals surface area contributed by atoms with E-state index in [1.54, 1.807) is 18.2 Å². The molecule has 0 aliphatic carbocycles. The maximum absolute atomic E-state index is 14.2. The van der Waals surface area contributed by atoms with Gasteiger partial charge < -0.3 is 10.4 Å². The van der Waals surface area contributed by atoms with E-state index in [-0.39, 0.29) is 16.9 Å². The molecule has 30 heavy (non-hydrogen) atoms. The van der Waals surface area contributed by atoms with Crippen LogP contribution in [0.25, 0.3) is 0 Å². The normalized spacial score (nSPS) is 11.0. The maximum Gasteiger partial charge on any atom is 0.335 e. The number of sulfonamides is 1. The quantitative estimate of drug-likeness (QED) is 0.550. The molecule has 0 aromatic heterocycles. The molecular formula is C20H14F2N2O5S. The Labute approximate surface area is 170 Å². The Morgan fingerprint density at radius 2 is 1.50 bits per heavy atom. The molecule has 3 N–H and O–H groups in total. The van der Waals surface area contributed by atoms with Crippen LogP contribution < -0.4 is 10.0 Å². The third-order valence-electron chi connectivity index (χ3n) is 3.95. The van der Waals surface area contributed by atoms with Gasteiger partial charge in [-0.1, -0.05) is 24.3 Å². The molecule has 1 amide bonds. The third-order valence-corrected chi connectivity index (χ3v) is 5.35. The van der Waals surface area contributed by atoms with Crippen LogP contribution in [0.15, 0.2) is 71.6 Å². The Bertz CT molecular complexity index is 1230. The first-order chi connectivity index (χ1) is 14.2. The molecule has 3 aromatic carbocycles. The van der Waals surface area contributed by atoms with Crippen LogP contribution in [0.3, 0.4) is 0 Å². The number of carboxylic acid groups (broad SMARTS) is 1. The van der Waals surface area contributed by atoms with Crippen LogP contribution in [-0.4, -0.2) is 25.4 Å². The number of halogens is 2. The van der Waals surface area contributed by atoms with Crippen LogP contribution in [0.4, 0.5) is 20.2 Å². The van der Waals surface area contributed by atoms with Crippen molar-refractivity contribution in [2.75, 3.05) is 10.0 Å². The topological polar surface area (TPSA) is 113 Å². The SMILES string of the molecule is O=C(O)c1cccc(NC(=O)c2cc(S(=O)(=O)Nc3ccccc3)c(F)cc2F)c1. The van der Waals surface area contributed by atoms with Crippen LogP contribution in [0.5, 0.6) is 0 Å². The zero-order valence-electron chi connectivity index (χ0n) is 15.1. The molecule has 3 rings (SSSR count). The summed E-state index contributed by atoms with van der Waals surface area (Å²) in [6, 6.07) is 13.6. The second-order valence-corrected chi connectivity index (χ2v) is 7.72. The summed E-state index contributed by atoms with van der Waals surface area (Å²) in [4.78, 5) is 22.5. The van der Waals surface area contributed by atoms with Crippen molar-refractivity contribution in [2.45, 2.75) is 4.90 Å². The summed E-state index contributed by atoms with van der Waals surface area (Å²) in [5, 5.41) is 11.3. The molecule has 0 fully saturated rings. The Morgan fingerprint density at radius 3 is 2.17 bits per heavy atom. The number of aromatic carboxylic acids is 1. The Morgan fingerprint density at radius 1 is 0.833 bits per heavy atom. The van der Waals surface area contributed by atoms with E-state index in [1.807, 2.05) is 0 Å². The molecule has 154 valence electrons. The van der Waals surface area contributed by atoms with Gasteiger partial charge in [0.25, 0.3) is 15.9 Å². The molecule has 10 heteroatoms. The van der Waals surface area contributed by atoms with Gasteiger partial charge in [-0.3, -0.25) is 9.52 Å². The number of amides is 1. The van der Waals surface area contributed by atoms with E-state index >= 15 is 0 Å². The lowest BCUT2D eigenvalue weighted by atomic mass is 10.1. The van der Waals surface area contributed by atoms with Gasteiger partial charge in [0.15, 0.2) is 0 Å². The first-order valence-corrected chi connectivity index (χ1v) is 9.87. The van der Waals surface area contributed by atoms with Gasteiger partial charge in [0.2, 0.25) is 0 Å². The number of carbonyl (C=O) groups is 2. The van der Waals surface area contributed by atoms with Crippen molar-refractivity contribution in [3.63, 3.8) is 0 Å². The van der Waals surface area contributed by atoms with E-state index in [9.17, 15) is 26.8 Å². The van der Waals surface area contributed by atoms with Crippen LogP contribution in [0.2, 0.25) is 0 Å². The number of hydrogen-bond acceptors (Lipinski definition) is 4. The molecule has 0 radical (unpaired) electrons. The minimum absolute atomic E-state index is 0.0374. The van der Waals surface area contributed by atoms with Crippen molar-refractivity contribution in [1.82, 2.24) is 0 Å². The zero-order valence-corrected chi connectivity index (χ0v) is 15.9. The molecule has 7 nitrogen and oxygen atoms in total. The van der Waals surface area contributed by atoms with E-state index in [2.05, 4.69) is 10.0 Å². The predicted molar refractivity (Wildman–Crippen MR) is 105 cm³/mol. The number of benzene rings is 3. The fourth-order valence-corrected chi connectivity index (χ4v) is 3.70. The monoisotopic (exact) mass is 432 g/mol. The summed E-state index contributed by atoms with van der Waals surface area (Å²) in [6.07, 6.45) is 0. The van der Waals surface area contributed by atoms with E-state index in [4.69, 9.17) is 5.11 Å². The molecule has 0 saturated heterocycles. The molecule has 0 atom stereocenters. The average Bonchev–Trinajstić information content (AvgIpc) is 2.68. The molecule has 0 aliphatic heterocycles. The lowest BCUT2D eigenvalue weighted by molar-refractivity contribution is 0.0696. The summed E-state index contributed by atoms with van der Waals surface area (Å²) in [6.45, 7) is 0. The third kappa shape index (κ3) is 4.61. The highest BCUT2D eigenvalue weighted by atomic mass is 32.2. The minimum Gasteiger partial charge on any atom is -0.478 e. The van der Waals surface area contributed by atoms with Gasteiger partial charge >= 0.3 is 5.97 Å². The summed E-state index contributed by atoms with van der Waals surface area (Å²) >= 11 is 0. The summed E-state index contributed by atoms with van der Waals surface area (Å²) < 4.78 is 55.6. The van der Waals surface area contributed by atoms with Crippen molar-refractivity contribution >= 4 is 33.3 Å². The molecule has 0 bridgehead atoms. The second kappa shape index (κ2) is 8.29. The van der Waals surface area contributed by atoms with Crippen molar-refractivity contribution < 1.29 is 31.9 Å². The number of hydrogen-bond donors (Lipinski definition) is 3. The van der Waals surface area contributed by atoms with Gasteiger partial charge in [-0.15, -0.1) is 0 Å². The van der Waals surface area contributed by atoms with Crippen LogP contribution in [-0.2, 0) is 10.0 Å². The molecule has 0 spiro atoms. The summed E-state index contributed by atoms with van der Waals surface area (Å²) in [5.41, 5.74) is -0.665. The van der Waals surface area contributed by atoms with Crippen LogP contribution in [0, 0.1) is 11.6 Å².